The molecule has 0 saturated heterocycles. The van der Waals surface area contributed by atoms with Crippen LogP contribution >= 0.6 is 0 Å². The fourth-order valence-electron chi connectivity index (χ4n) is 2.03. The fraction of sp³-hybridized carbons (Fsp3) is 0.294. The summed E-state index contributed by atoms with van der Waals surface area (Å²) in [6.45, 7) is 4.33. The molecule has 0 aliphatic rings. The van der Waals surface area contributed by atoms with Crippen LogP contribution in [0, 0.1) is 5.92 Å². The van der Waals surface area contributed by atoms with Crippen molar-refractivity contribution in [2.24, 2.45) is 5.92 Å². The van der Waals surface area contributed by atoms with Crippen LogP contribution in [0.5, 0.6) is 5.75 Å². The van der Waals surface area contributed by atoms with Gasteiger partial charge >= 0.3 is 0 Å². The second kappa shape index (κ2) is 6.83. The van der Waals surface area contributed by atoms with Gasteiger partial charge in [0.15, 0.2) is 0 Å². The Balaban J connectivity index is 2.10. The Morgan fingerprint density at radius 2 is 1.59 bits per heavy atom. The van der Waals surface area contributed by atoms with Gasteiger partial charge in [0, 0.05) is 5.69 Å². The highest BCUT2D eigenvalue weighted by molar-refractivity contribution is 7.92. The number of benzene rings is 2. The van der Waals surface area contributed by atoms with Crippen LogP contribution in [0.2, 0.25) is 0 Å². The smallest absolute Gasteiger partial charge is 0.261 e. The third kappa shape index (κ3) is 4.49. The molecule has 2 aromatic carbocycles. The Hall–Kier alpha value is -2.01. The number of anilines is 1. The molecule has 0 spiro atoms. The van der Waals surface area contributed by atoms with Gasteiger partial charge in [-0.15, -0.1) is 0 Å². The molecule has 4 nitrogen and oxygen atoms in total. The molecule has 0 aliphatic carbocycles. The van der Waals surface area contributed by atoms with Gasteiger partial charge in [0.2, 0.25) is 0 Å². The molecule has 0 bridgehead atoms. The molecule has 0 heterocycles. The van der Waals surface area contributed by atoms with Crippen molar-refractivity contribution in [1.82, 2.24) is 0 Å². The van der Waals surface area contributed by atoms with E-state index >= 15 is 0 Å². The van der Waals surface area contributed by atoms with Crippen molar-refractivity contribution < 1.29 is 13.5 Å². The van der Waals surface area contributed by atoms with Gasteiger partial charge in [-0.3, -0.25) is 4.72 Å². The molecule has 0 unspecified atom stereocenters. The third-order valence-corrected chi connectivity index (χ3v) is 4.76. The molecule has 2 N–H and O–H groups in total. The van der Waals surface area contributed by atoms with Gasteiger partial charge in [-0.1, -0.05) is 26.0 Å². The van der Waals surface area contributed by atoms with Crippen LogP contribution in [0.25, 0.3) is 0 Å². The summed E-state index contributed by atoms with van der Waals surface area (Å²) in [7, 11) is -3.61. The summed E-state index contributed by atoms with van der Waals surface area (Å²) in [6, 6.07) is 12.9. The van der Waals surface area contributed by atoms with E-state index in [1.807, 2.05) is 12.1 Å². The number of aryl methyl sites for hydroxylation is 1. The summed E-state index contributed by atoms with van der Waals surface area (Å²) in [4.78, 5) is 0.230. The molecule has 0 fully saturated rings. The van der Waals surface area contributed by atoms with Crippen LogP contribution in [-0.4, -0.2) is 13.5 Å². The minimum absolute atomic E-state index is 0.0949. The normalized spacial score (nSPS) is 11.6. The number of nitrogens with one attached hydrogen (secondary N) is 1. The van der Waals surface area contributed by atoms with Gasteiger partial charge in [0.05, 0.1) is 4.90 Å². The van der Waals surface area contributed by atoms with Gasteiger partial charge in [-0.25, -0.2) is 8.42 Å². The first-order chi connectivity index (χ1) is 10.4. The van der Waals surface area contributed by atoms with Gasteiger partial charge in [0.25, 0.3) is 10.0 Å². The minimum atomic E-state index is -3.61. The van der Waals surface area contributed by atoms with Crippen LogP contribution < -0.4 is 4.72 Å². The number of rotatable bonds is 6. The first-order valence-corrected chi connectivity index (χ1v) is 8.76. The molecule has 5 heteroatoms. The predicted octanol–water partition coefficient (Wildman–Crippen LogP) is 3.78. The standard InChI is InChI=1S/C17H21NO3S/c1-13(2)3-4-14-5-11-17(12-6-14)22(20,21)18-15-7-9-16(19)10-8-15/h5-13,18-19H,3-4H2,1-2H3. The summed E-state index contributed by atoms with van der Waals surface area (Å²) >= 11 is 0. The summed E-state index contributed by atoms with van der Waals surface area (Å²) in [6.07, 6.45) is 2.03. The molecule has 2 rings (SSSR count). The lowest BCUT2D eigenvalue weighted by Gasteiger charge is -2.09. The Labute approximate surface area is 131 Å². The van der Waals surface area contributed by atoms with Crippen LogP contribution in [0.1, 0.15) is 25.8 Å². The predicted molar refractivity (Wildman–Crippen MR) is 88.5 cm³/mol. The number of sulfonamides is 1. The van der Waals surface area contributed by atoms with Crippen LogP contribution in [0.4, 0.5) is 5.69 Å². The molecule has 0 saturated carbocycles. The molecule has 0 atom stereocenters. The monoisotopic (exact) mass is 319 g/mol. The average molecular weight is 319 g/mol. The molecule has 2 aromatic rings. The molecular weight excluding hydrogens is 298 g/mol. The second-order valence-electron chi connectivity index (χ2n) is 5.73. The van der Waals surface area contributed by atoms with Crippen LogP contribution in [0.15, 0.2) is 53.4 Å². The molecule has 22 heavy (non-hydrogen) atoms. The molecule has 0 radical (unpaired) electrons. The lowest BCUT2D eigenvalue weighted by molar-refractivity contribution is 0.475. The zero-order valence-electron chi connectivity index (χ0n) is 12.8. The highest BCUT2D eigenvalue weighted by Crippen LogP contribution is 2.19. The van der Waals surface area contributed by atoms with E-state index in [0.717, 1.165) is 18.4 Å². The maximum atomic E-state index is 12.3. The Kier molecular flexibility index (Phi) is 5.08. The number of aromatic hydroxyl groups is 1. The lowest BCUT2D eigenvalue weighted by atomic mass is 10.0. The van der Waals surface area contributed by atoms with Gasteiger partial charge in [-0.05, 0) is 60.7 Å². The van der Waals surface area contributed by atoms with E-state index in [9.17, 15) is 13.5 Å². The number of phenols is 1. The van der Waals surface area contributed by atoms with Gasteiger partial charge < -0.3 is 5.11 Å². The highest BCUT2D eigenvalue weighted by atomic mass is 32.2. The topological polar surface area (TPSA) is 66.4 Å². The summed E-state index contributed by atoms with van der Waals surface area (Å²) in [5.74, 6) is 0.719. The lowest BCUT2D eigenvalue weighted by Crippen LogP contribution is -2.12. The number of hydrogen-bond acceptors (Lipinski definition) is 3. The summed E-state index contributed by atoms with van der Waals surface area (Å²) < 4.78 is 27.1. The van der Waals surface area contributed by atoms with E-state index in [4.69, 9.17) is 0 Å². The Bertz CT molecular complexity index is 705. The van der Waals surface area contributed by atoms with E-state index in [0.29, 0.717) is 11.6 Å². The summed E-state index contributed by atoms with van der Waals surface area (Å²) in [5.41, 5.74) is 1.55. The third-order valence-electron chi connectivity index (χ3n) is 3.36. The van der Waals surface area contributed by atoms with Gasteiger partial charge in [0.1, 0.15) is 5.75 Å². The molecular formula is C17H21NO3S. The first-order valence-electron chi connectivity index (χ1n) is 7.27. The maximum absolute atomic E-state index is 12.3. The van der Waals surface area contributed by atoms with Crippen molar-refractivity contribution in [2.75, 3.05) is 4.72 Å². The highest BCUT2D eigenvalue weighted by Gasteiger charge is 2.14. The van der Waals surface area contributed by atoms with E-state index < -0.39 is 10.0 Å². The van der Waals surface area contributed by atoms with Crippen molar-refractivity contribution >= 4 is 15.7 Å². The maximum Gasteiger partial charge on any atom is 0.261 e. The Morgan fingerprint density at radius 3 is 2.14 bits per heavy atom. The van der Waals surface area contributed by atoms with Crippen molar-refractivity contribution in [3.05, 3.63) is 54.1 Å². The van der Waals surface area contributed by atoms with Crippen molar-refractivity contribution in [1.29, 1.82) is 0 Å². The molecule has 118 valence electrons. The molecule has 0 aromatic heterocycles. The van der Waals surface area contributed by atoms with E-state index in [1.165, 1.54) is 24.3 Å². The fourth-order valence-corrected chi connectivity index (χ4v) is 3.09. The zero-order valence-corrected chi connectivity index (χ0v) is 13.6. The molecule has 0 amide bonds. The zero-order chi connectivity index (χ0) is 16.2. The van der Waals surface area contributed by atoms with E-state index in [-0.39, 0.29) is 10.6 Å². The van der Waals surface area contributed by atoms with E-state index in [2.05, 4.69) is 18.6 Å². The number of phenolic OH excluding ortho intramolecular Hbond substituents is 1. The van der Waals surface area contributed by atoms with Crippen LogP contribution in [0.3, 0.4) is 0 Å². The minimum Gasteiger partial charge on any atom is -0.508 e. The Morgan fingerprint density at radius 1 is 1.00 bits per heavy atom. The van der Waals surface area contributed by atoms with Crippen molar-refractivity contribution in [2.45, 2.75) is 31.6 Å². The SMILES string of the molecule is CC(C)CCc1ccc(S(=O)(=O)Nc2ccc(O)cc2)cc1. The average Bonchev–Trinajstić information content (AvgIpc) is 2.48. The second-order valence-corrected chi connectivity index (χ2v) is 7.41. The molecule has 0 aliphatic heterocycles. The van der Waals surface area contributed by atoms with Crippen LogP contribution in [-0.2, 0) is 16.4 Å². The first kappa shape index (κ1) is 16.4. The number of hydrogen-bond donors (Lipinski definition) is 2. The summed E-state index contributed by atoms with van der Waals surface area (Å²) in [5, 5.41) is 9.21. The quantitative estimate of drug-likeness (QED) is 0.796. The van der Waals surface area contributed by atoms with Crippen molar-refractivity contribution in [3.63, 3.8) is 0 Å². The van der Waals surface area contributed by atoms with Crippen molar-refractivity contribution in [3.8, 4) is 5.75 Å². The largest absolute Gasteiger partial charge is 0.508 e. The van der Waals surface area contributed by atoms with E-state index in [1.54, 1.807) is 12.1 Å². The van der Waals surface area contributed by atoms with Gasteiger partial charge in [-0.2, -0.15) is 0 Å².